The van der Waals surface area contributed by atoms with E-state index in [1.54, 1.807) is 12.4 Å². The lowest BCUT2D eigenvalue weighted by Crippen LogP contribution is -2.33. The quantitative estimate of drug-likeness (QED) is 0.0651. The Balaban J connectivity index is 1.55. The molecule has 10 heteroatoms. The van der Waals surface area contributed by atoms with Crippen LogP contribution in [0.5, 0.6) is 5.75 Å². The van der Waals surface area contributed by atoms with Gasteiger partial charge >= 0.3 is 18.1 Å². The maximum absolute atomic E-state index is 14.9. The minimum absolute atomic E-state index is 0.0206. The predicted molar refractivity (Wildman–Crippen MR) is 160 cm³/mol. The largest absolute Gasteiger partial charge is 0.449 e. The lowest BCUT2D eigenvalue weighted by molar-refractivity contribution is -0.206. The topological polar surface area (TPSA) is 78.4 Å². The number of esters is 2. The highest BCUT2D eigenvalue weighted by molar-refractivity contribution is 5.92. The summed E-state index contributed by atoms with van der Waals surface area (Å²) in [6.07, 6.45) is 6.73. The number of ether oxygens (including phenoxy) is 2. The van der Waals surface area contributed by atoms with Gasteiger partial charge in [-0.3, -0.25) is 0 Å². The number of aryl methyl sites for hydroxylation is 1. The highest BCUT2D eigenvalue weighted by Gasteiger charge is 2.42. The maximum Gasteiger partial charge on any atom is 0.425 e. The number of alkyl halides is 3. The van der Waals surface area contributed by atoms with Crippen LogP contribution in [0.25, 0.3) is 11.4 Å². The maximum atomic E-state index is 14.9. The minimum atomic E-state index is -4.68. The second-order valence-electron chi connectivity index (χ2n) is 10.8. The SMILES string of the molecule is CCCCCCCCc1cnc(-c2ccc(C(=O)Oc3ccc(C(=O)OC(CCCCCC)C(F)(F)F)cc3)cc2F)nc1. The van der Waals surface area contributed by atoms with Crippen LogP contribution >= 0.6 is 0 Å². The van der Waals surface area contributed by atoms with Crippen molar-refractivity contribution >= 4 is 11.9 Å². The van der Waals surface area contributed by atoms with Crippen molar-refractivity contribution in [2.24, 2.45) is 0 Å². The Morgan fingerprint density at radius 1 is 0.773 bits per heavy atom. The third-order valence-electron chi connectivity index (χ3n) is 7.20. The zero-order valence-corrected chi connectivity index (χ0v) is 25.3. The molecule has 0 amide bonds. The fourth-order valence-electron chi connectivity index (χ4n) is 4.62. The first-order valence-electron chi connectivity index (χ1n) is 15.3. The standard InChI is InChI=1S/C34H40F4N2O4/c1-3-5-7-9-10-11-13-24-22-39-31(40-23-24)28-20-17-26(21-29(28)35)33(42)43-27-18-15-25(16-19-27)32(41)44-30(34(36,37)38)14-12-8-6-4-2/h15-23,30H,3-14H2,1-2H3. The van der Waals surface area contributed by atoms with Crippen molar-refractivity contribution in [3.63, 3.8) is 0 Å². The summed E-state index contributed by atoms with van der Waals surface area (Å²) in [5, 5.41) is 0. The molecular formula is C34H40F4N2O4. The van der Waals surface area contributed by atoms with Gasteiger partial charge in [0.2, 0.25) is 0 Å². The second kappa shape index (κ2) is 17.5. The van der Waals surface area contributed by atoms with Gasteiger partial charge in [0.25, 0.3) is 0 Å². The van der Waals surface area contributed by atoms with Gasteiger partial charge in [0, 0.05) is 12.4 Å². The van der Waals surface area contributed by atoms with Crippen LogP contribution in [0.4, 0.5) is 17.6 Å². The van der Waals surface area contributed by atoms with E-state index >= 15 is 0 Å². The lowest BCUT2D eigenvalue weighted by Gasteiger charge is -2.20. The number of benzene rings is 2. The molecule has 0 spiro atoms. The summed E-state index contributed by atoms with van der Waals surface area (Å²) in [5.41, 5.74) is 0.927. The first kappa shape index (κ1) is 34.7. The van der Waals surface area contributed by atoms with Crippen molar-refractivity contribution in [3.05, 3.63) is 77.4 Å². The average molecular weight is 617 g/mol. The number of carbonyl (C=O) groups is 2. The summed E-state index contributed by atoms with van der Waals surface area (Å²) in [5.74, 6) is -2.46. The molecule has 0 aliphatic heterocycles. The molecule has 1 unspecified atom stereocenters. The van der Waals surface area contributed by atoms with Crippen LogP contribution in [0.15, 0.2) is 54.9 Å². The van der Waals surface area contributed by atoms with E-state index in [0.717, 1.165) is 43.7 Å². The molecule has 3 rings (SSSR count). The fourth-order valence-corrected chi connectivity index (χ4v) is 4.62. The molecular weight excluding hydrogens is 576 g/mol. The molecule has 0 radical (unpaired) electrons. The van der Waals surface area contributed by atoms with E-state index in [4.69, 9.17) is 9.47 Å². The van der Waals surface area contributed by atoms with Crippen LogP contribution in [0.1, 0.15) is 111 Å². The number of nitrogens with zero attached hydrogens (tertiary/aromatic N) is 2. The van der Waals surface area contributed by atoms with Gasteiger partial charge in [0.1, 0.15) is 11.6 Å². The Kier molecular flexibility index (Phi) is 13.8. The molecule has 1 aromatic heterocycles. The molecule has 0 aliphatic rings. The molecule has 0 fully saturated rings. The van der Waals surface area contributed by atoms with Crippen LogP contribution in [0.3, 0.4) is 0 Å². The van der Waals surface area contributed by atoms with Gasteiger partial charge < -0.3 is 9.47 Å². The van der Waals surface area contributed by atoms with Crippen molar-refractivity contribution < 1.29 is 36.6 Å². The van der Waals surface area contributed by atoms with E-state index in [0.29, 0.717) is 12.8 Å². The molecule has 44 heavy (non-hydrogen) atoms. The van der Waals surface area contributed by atoms with E-state index in [1.165, 1.54) is 62.1 Å². The van der Waals surface area contributed by atoms with E-state index < -0.39 is 30.0 Å². The molecule has 1 atom stereocenters. The van der Waals surface area contributed by atoms with Crippen LogP contribution in [-0.2, 0) is 11.2 Å². The highest BCUT2D eigenvalue weighted by atomic mass is 19.4. The molecule has 0 saturated carbocycles. The van der Waals surface area contributed by atoms with Gasteiger partial charge in [0.05, 0.1) is 16.7 Å². The van der Waals surface area contributed by atoms with Crippen LogP contribution in [0, 0.1) is 5.82 Å². The third-order valence-corrected chi connectivity index (χ3v) is 7.20. The first-order valence-corrected chi connectivity index (χ1v) is 15.3. The Bertz CT molecular complexity index is 1330. The number of aromatic nitrogens is 2. The predicted octanol–water partition coefficient (Wildman–Crippen LogP) is 9.46. The number of hydrogen-bond acceptors (Lipinski definition) is 6. The van der Waals surface area contributed by atoms with Crippen LogP contribution in [0.2, 0.25) is 0 Å². The average Bonchev–Trinajstić information content (AvgIpc) is 3.00. The first-order chi connectivity index (χ1) is 21.1. The molecule has 6 nitrogen and oxygen atoms in total. The molecule has 0 N–H and O–H groups in total. The van der Waals surface area contributed by atoms with Crippen molar-refractivity contribution in [2.45, 2.75) is 103 Å². The summed E-state index contributed by atoms with van der Waals surface area (Å²) in [6.45, 7) is 4.13. The van der Waals surface area contributed by atoms with Crippen molar-refractivity contribution in [3.8, 4) is 17.1 Å². The summed E-state index contributed by atoms with van der Waals surface area (Å²) in [7, 11) is 0. The zero-order valence-electron chi connectivity index (χ0n) is 25.3. The van der Waals surface area contributed by atoms with Crippen molar-refractivity contribution in [1.82, 2.24) is 9.97 Å². The van der Waals surface area contributed by atoms with Gasteiger partial charge in [-0.25, -0.2) is 23.9 Å². The highest BCUT2D eigenvalue weighted by Crippen LogP contribution is 2.28. The minimum Gasteiger partial charge on any atom is -0.449 e. The number of halogens is 4. The van der Waals surface area contributed by atoms with Gasteiger partial charge in [-0.1, -0.05) is 65.2 Å². The van der Waals surface area contributed by atoms with Gasteiger partial charge in [-0.2, -0.15) is 13.2 Å². The Labute approximate surface area is 256 Å². The second-order valence-corrected chi connectivity index (χ2v) is 10.8. The molecule has 0 saturated heterocycles. The van der Waals surface area contributed by atoms with Crippen molar-refractivity contribution in [1.29, 1.82) is 0 Å². The van der Waals surface area contributed by atoms with E-state index in [9.17, 15) is 27.2 Å². The number of hydrogen-bond donors (Lipinski definition) is 0. The zero-order chi connectivity index (χ0) is 32.0. The summed E-state index contributed by atoms with van der Waals surface area (Å²) in [4.78, 5) is 33.6. The van der Waals surface area contributed by atoms with Gasteiger partial charge in [-0.05, 0) is 73.7 Å². The Hall–Kier alpha value is -3.82. The van der Waals surface area contributed by atoms with E-state index in [1.807, 2.05) is 6.92 Å². The van der Waals surface area contributed by atoms with Gasteiger partial charge in [0.15, 0.2) is 11.9 Å². The summed E-state index contributed by atoms with van der Waals surface area (Å²) in [6, 6.07) is 8.71. The Morgan fingerprint density at radius 2 is 1.36 bits per heavy atom. The normalized spacial score (nSPS) is 12.1. The van der Waals surface area contributed by atoms with Crippen LogP contribution in [-0.4, -0.2) is 34.2 Å². The molecule has 0 bridgehead atoms. The number of rotatable bonds is 17. The Morgan fingerprint density at radius 3 is 1.98 bits per heavy atom. The van der Waals surface area contributed by atoms with Crippen LogP contribution < -0.4 is 4.74 Å². The smallest absolute Gasteiger partial charge is 0.425 e. The van der Waals surface area contributed by atoms with E-state index in [2.05, 4.69) is 16.9 Å². The van der Waals surface area contributed by atoms with Crippen molar-refractivity contribution in [2.75, 3.05) is 0 Å². The number of carbonyl (C=O) groups excluding carboxylic acids is 2. The van der Waals surface area contributed by atoms with E-state index in [-0.39, 0.29) is 34.7 Å². The molecule has 0 aliphatic carbocycles. The third kappa shape index (κ3) is 11.0. The molecule has 1 heterocycles. The number of unbranched alkanes of at least 4 members (excludes halogenated alkanes) is 8. The molecule has 2 aromatic carbocycles. The summed E-state index contributed by atoms with van der Waals surface area (Å²) >= 11 is 0. The lowest BCUT2D eigenvalue weighted by atomic mass is 10.1. The monoisotopic (exact) mass is 616 g/mol. The summed E-state index contributed by atoms with van der Waals surface area (Å²) < 4.78 is 65.0. The molecule has 3 aromatic rings. The fraction of sp³-hybridized carbons (Fsp3) is 0.471. The molecule has 238 valence electrons. The van der Waals surface area contributed by atoms with Gasteiger partial charge in [-0.15, -0.1) is 0 Å².